The largest absolute Gasteiger partial charge is 0.314 e. The first-order valence-corrected chi connectivity index (χ1v) is 7.18. The van der Waals surface area contributed by atoms with Crippen LogP contribution in [0.25, 0.3) is 0 Å². The van der Waals surface area contributed by atoms with Gasteiger partial charge < -0.3 is 9.88 Å². The summed E-state index contributed by atoms with van der Waals surface area (Å²) in [5.41, 5.74) is 0.584. The second-order valence-corrected chi connectivity index (χ2v) is 5.54. The highest BCUT2D eigenvalue weighted by Crippen LogP contribution is 2.23. The number of hydrogen-bond donors (Lipinski definition) is 1. The second kappa shape index (κ2) is 5.52. The summed E-state index contributed by atoms with van der Waals surface area (Å²) in [6.07, 6.45) is 2.06. The highest BCUT2D eigenvalue weighted by molar-refractivity contribution is 5.21. The van der Waals surface area contributed by atoms with Gasteiger partial charge in [-0.05, 0) is 38.0 Å². The molecule has 1 aliphatic rings. The predicted molar refractivity (Wildman–Crippen MR) is 74.7 cm³/mol. The molecule has 0 aliphatic carbocycles. The van der Waals surface area contributed by atoms with E-state index in [4.69, 9.17) is 0 Å². The van der Waals surface area contributed by atoms with Crippen molar-refractivity contribution in [3.05, 3.63) is 47.0 Å². The Morgan fingerprint density at radius 2 is 1.81 bits per heavy atom. The number of hydrogen-bond acceptors (Lipinski definition) is 3. The number of halogens is 2. The Morgan fingerprint density at radius 1 is 1.10 bits per heavy atom. The summed E-state index contributed by atoms with van der Waals surface area (Å²) in [6, 6.07) is 3.36. The summed E-state index contributed by atoms with van der Waals surface area (Å²) in [4.78, 5) is 0. The lowest BCUT2D eigenvalue weighted by atomic mass is 10.1. The number of nitrogens with one attached hydrogen (secondary N) is 1. The maximum absolute atomic E-state index is 13.3. The molecule has 1 aliphatic heterocycles. The van der Waals surface area contributed by atoms with Gasteiger partial charge in [0.15, 0.2) is 0 Å². The molecule has 112 valence electrons. The second-order valence-electron chi connectivity index (χ2n) is 5.54. The zero-order valence-electron chi connectivity index (χ0n) is 12.1. The molecule has 2 atom stereocenters. The molecule has 0 fully saturated rings. The molecule has 1 N–H and O–H groups in total. The lowest BCUT2D eigenvalue weighted by Gasteiger charge is -2.20. The van der Waals surface area contributed by atoms with E-state index in [1.54, 1.807) is 0 Å². The first-order chi connectivity index (χ1) is 10.0. The van der Waals surface area contributed by atoms with Gasteiger partial charge in [0.05, 0.1) is 6.04 Å². The van der Waals surface area contributed by atoms with E-state index in [1.165, 1.54) is 12.1 Å². The molecule has 1 aromatic carbocycles. The molecule has 0 amide bonds. The maximum atomic E-state index is 13.3. The van der Waals surface area contributed by atoms with Crippen LogP contribution in [0.2, 0.25) is 0 Å². The van der Waals surface area contributed by atoms with Crippen LogP contribution in [0, 0.1) is 11.6 Å². The van der Waals surface area contributed by atoms with E-state index in [9.17, 15) is 8.78 Å². The number of benzene rings is 1. The molecule has 2 heterocycles. The Morgan fingerprint density at radius 3 is 2.52 bits per heavy atom. The predicted octanol–water partition coefficient (Wildman–Crippen LogP) is 2.91. The van der Waals surface area contributed by atoms with Gasteiger partial charge in [-0.1, -0.05) is 0 Å². The number of nitrogens with zero attached hydrogens (tertiary/aromatic N) is 3. The number of rotatable bonds is 4. The summed E-state index contributed by atoms with van der Waals surface area (Å²) < 4.78 is 28.7. The van der Waals surface area contributed by atoms with Crippen LogP contribution in [0.4, 0.5) is 8.78 Å². The minimum Gasteiger partial charge on any atom is -0.314 e. The standard InChI is InChI=1S/C15H18F2N4/c1-9(11-6-12(16)8-13(17)7-11)18-10(2)15-20-19-14-4-3-5-21(14)15/h6-10,18H,3-5H2,1-2H3. The van der Waals surface area contributed by atoms with E-state index in [0.717, 1.165) is 37.1 Å². The number of fused-ring (bicyclic) bond motifs is 1. The molecule has 6 heteroatoms. The summed E-state index contributed by atoms with van der Waals surface area (Å²) >= 11 is 0. The van der Waals surface area contributed by atoms with Crippen molar-refractivity contribution in [1.82, 2.24) is 20.1 Å². The van der Waals surface area contributed by atoms with E-state index < -0.39 is 11.6 Å². The average Bonchev–Trinajstić information content (AvgIpc) is 2.99. The van der Waals surface area contributed by atoms with Crippen molar-refractivity contribution in [2.45, 2.75) is 45.3 Å². The van der Waals surface area contributed by atoms with Crippen LogP contribution in [0.1, 0.15) is 49.6 Å². The van der Waals surface area contributed by atoms with E-state index in [-0.39, 0.29) is 12.1 Å². The van der Waals surface area contributed by atoms with Crippen molar-refractivity contribution < 1.29 is 8.78 Å². The summed E-state index contributed by atoms with van der Waals surface area (Å²) in [7, 11) is 0. The fourth-order valence-electron chi connectivity index (χ4n) is 2.86. The van der Waals surface area contributed by atoms with Crippen LogP contribution in [0.5, 0.6) is 0 Å². The van der Waals surface area contributed by atoms with Crippen molar-refractivity contribution in [1.29, 1.82) is 0 Å². The minimum absolute atomic E-state index is 0.0364. The molecule has 4 nitrogen and oxygen atoms in total. The van der Waals surface area contributed by atoms with E-state index in [1.807, 2.05) is 13.8 Å². The highest BCUT2D eigenvalue weighted by Gasteiger charge is 2.22. The van der Waals surface area contributed by atoms with E-state index >= 15 is 0 Å². The third-order valence-corrected chi connectivity index (χ3v) is 3.91. The van der Waals surface area contributed by atoms with Crippen molar-refractivity contribution in [3.8, 4) is 0 Å². The van der Waals surface area contributed by atoms with Gasteiger partial charge in [0, 0.05) is 25.1 Å². The Hall–Kier alpha value is -1.82. The topological polar surface area (TPSA) is 42.7 Å². The molecule has 0 saturated heterocycles. The molecule has 0 saturated carbocycles. The fourth-order valence-corrected chi connectivity index (χ4v) is 2.86. The third kappa shape index (κ3) is 2.81. The molecule has 0 bridgehead atoms. The Bertz CT molecular complexity index is 633. The molecular weight excluding hydrogens is 274 g/mol. The van der Waals surface area contributed by atoms with Crippen molar-refractivity contribution >= 4 is 0 Å². The average molecular weight is 292 g/mol. The van der Waals surface area contributed by atoms with Gasteiger partial charge in [0.25, 0.3) is 0 Å². The Balaban J connectivity index is 1.76. The van der Waals surface area contributed by atoms with Crippen LogP contribution in [0.3, 0.4) is 0 Å². The van der Waals surface area contributed by atoms with Gasteiger partial charge in [0.2, 0.25) is 0 Å². The zero-order chi connectivity index (χ0) is 15.0. The lowest BCUT2D eigenvalue weighted by molar-refractivity contribution is 0.455. The third-order valence-electron chi connectivity index (χ3n) is 3.91. The summed E-state index contributed by atoms with van der Waals surface area (Å²) in [6.45, 7) is 4.81. The normalized spacial score (nSPS) is 16.8. The first kappa shape index (κ1) is 14.1. The lowest BCUT2D eigenvalue weighted by Crippen LogP contribution is -2.25. The van der Waals surface area contributed by atoms with Crippen LogP contribution in [-0.2, 0) is 13.0 Å². The monoisotopic (exact) mass is 292 g/mol. The first-order valence-electron chi connectivity index (χ1n) is 7.18. The Kier molecular flexibility index (Phi) is 3.71. The van der Waals surface area contributed by atoms with Crippen LogP contribution in [0.15, 0.2) is 18.2 Å². The van der Waals surface area contributed by atoms with Gasteiger partial charge in [-0.3, -0.25) is 0 Å². The van der Waals surface area contributed by atoms with Crippen molar-refractivity contribution in [2.24, 2.45) is 0 Å². The van der Waals surface area contributed by atoms with Gasteiger partial charge >= 0.3 is 0 Å². The van der Waals surface area contributed by atoms with Gasteiger partial charge in [-0.2, -0.15) is 0 Å². The van der Waals surface area contributed by atoms with E-state index in [2.05, 4.69) is 20.1 Å². The quantitative estimate of drug-likeness (QED) is 0.942. The summed E-state index contributed by atoms with van der Waals surface area (Å²) in [5.74, 6) is 0.777. The van der Waals surface area contributed by atoms with E-state index in [0.29, 0.717) is 5.56 Å². The summed E-state index contributed by atoms with van der Waals surface area (Å²) in [5, 5.41) is 11.7. The molecule has 1 aromatic heterocycles. The van der Waals surface area contributed by atoms with Crippen molar-refractivity contribution in [3.63, 3.8) is 0 Å². The molecule has 2 aromatic rings. The Labute approximate surface area is 122 Å². The molecule has 3 rings (SSSR count). The van der Waals surface area contributed by atoms with Crippen LogP contribution < -0.4 is 5.32 Å². The molecule has 0 spiro atoms. The fraction of sp³-hybridized carbons (Fsp3) is 0.467. The van der Waals surface area contributed by atoms with Crippen LogP contribution >= 0.6 is 0 Å². The van der Waals surface area contributed by atoms with Gasteiger partial charge in [-0.15, -0.1) is 10.2 Å². The van der Waals surface area contributed by atoms with Crippen molar-refractivity contribution in [2.75, 3.05) is 0 Å². The molecular formula is C15H18F2N4. The molecule has 21 heavy (non-hydrogen) atoms. The SMILES string of the molecule is CC(NC(C)c1nnc2n1CCC2)c1cc(F)cc(F)c1. The smallest absolute Gasteiger partial charge is 0.149 e. The molecule has 0 radical (unpaired) electrons. The van der Waals surface area contributed by atoms with Gasteiger partial charge in [0.1, 0.15) is 23.3 Å². The number of aryl methyl sites for hydroxylation is 1. The maximum Gasteiger partial charge on any atom is 0.149 e. The zero-order valence-corrected chi connectivity index (χ0v) is 12.1. The molecule has 2 unspecified atom stereocenters. The number of aromatic nitrogens is 3. The van der Waals surface area contributed by atoms with Gasteiger partial charge in [-0.25, -0.2) is 8.78 Å². The highest BCUT2D eigenvalue weighted by atomic mass is 19.1. The van der Waals surface area contributed by atoms with Crippen LogP contribution in [-0.4, -0.2) is 14.8 Å². The minimum atomic E-state index is -0.560.